The first kappa shape index (κ1) is 17.3. The van der Waals surface area contributed by atoms with Crippen LogP contribution in [-0.4, -0.2) is 24.8 Å². The number of hydrogen-bond acceptors (Lipinski definition) is 3. The Morgan fingerprint density at radius 1 is 1.20 bits per heavy atom. The Kier molecular flexibility index (Phi) is 12.0. The minimum absolute atomic E-state index is 0.120. The van der Waals surface area contributed by atoms with Crippen molar-refractivity contribution in [1.82, 2.24) is 0 Å². The normalized spacial score (nSPS) is 11.2. The van der Waals surface area contributed by atoms with Crippen LogP contribution in [0.3, 0.4) is 0 Å². The van der Waals surface area contributed by atoms with Crippen LogP contribution in [0.5, 0.6) is 0 Å². The van der Waals surface area contributed by atoms with E-state index in [0.29, 0.717) is 6.54 Å². The molecule has 5 N–H and O–H groups in total. The monoisotopic (exact) mass is 218 g/mol. The van der Waals surface area contributed by atoms with Crippen LogP contribution in [-0.2, 0) is 0 Å². The number of hydrogen-bond donors (Lipinski definition) is 3. The molecule has 3 heteroatoms. The summed E-state index contributed by atoms with van der Waals surface area (Å²) < 4.78 is 0. The molecule has 0 fully saturated rings. The highest BCUT2D eigenvalue weighted by molar-refractivity contribution is 4.67. The van der Waals surface area contributed by atoms with Gasteiger partial charge in [0, 0.05) is 6.61 Å². The van der Waals surface area contributed by atoms with E-state index >= 15 is 0 Å². The summed E-state index contributed by atoms with van der Waals surface area (Å²) in [6.07, 6.45) is 3.25. The zero-order chi connectivity index (χ0) is 12.3. The second-order valence-electron chi connectivity index (χ2n) is 5.17. The zero-order valence-electron chi connectivity index (χ0n) is 10.9. The van der Waals surface area contributed by atoms with Crippen molar-refractivity contribution in [2.45, 2.75) is 47.0 Å². The molecule has 94 valence electrons. The van der Waals surface area contributed by atoms with Gasteiger partial charge in [-0.25, -0.2) is 0 Å². The Labute approximate surface area is 95.2 Å². The van der Waals surface area contributed by atoms with Crippen LogP contribution in [0.2, 0.25) is 0 Å². The minimum atomic E-state index is 0.120. The summed E-state index contributed by atoms with van der Waals surface area (Å²) in [4.78, 5) is 0. The van der Waals surface area contributed by atoms with Crippen molar-refractivity contribution in [1.29, 1.82) is 0 Å². The van der Waals surface area contributed by atoms with Crippen LogP contribution in [0.1, 0.15) is 47.0 Å². The first-order valence-electron chi connectivity index (χ1n) is 5.90. The lowest BCUT2D eigenvalue weighted by Gasteiger charge is -2.19. The Hall–Kier alpha value is -0.120. The highest BCUT2D eigenvalue weighted by Crippen LogP contribution is 2.16. The van der Waals surface area contributed by atoms with Gasteiger partial charge in [0.25, 0.3) is 0 Å². The third-order valence-electron chi connectivity index (χ3n) is 2.33. The molecule has 0 aromatic rings. The molecule has 15 heavy (non-hydrogen) atoms. The molecule has 0 aliphatic carbocycles. The van der Waals surface area contributed by atoms with E-state index in [-0.39, 0.29) is 12.0 Å². The van der Waals surface area contributed by atoms with Crippen LogP contribution in [0, 0.1) is 11.3 Å². The van der Waals surface area contributed by atoms with Crippen LogP contribution >= 0.6 is 0 Å². The van der Waals surface area contributed by atoms with E-state index in [9.17, 15) is 0 Å². The van der Waals surface area contributed by atoms with Gasteiger partial charge >= 0.3 is 0 Å². The lowest BCUT2D eigenvalue weighted by molar-refractivity contribution is 0.216. The van der Waals surface area contributed by atoms with Gasteiger partial charge in [-0.15, -0.1) is 0 Å². The number of nitrogens with two attached hydrogens (primary N) is 2. The summed E-state index contributed by atoms with van der Waals surface area (Å²) in [5.74, 6) is 0.823. The molecule has 0 heterocycles. The molecule has 0 amide bonds. The molecule has 3 nitrogen and oxygen atoms in total. The molecule has 0 bridgehead atoms. The Bertz CT molecular complexity index is 125. The number of rotatable bonds is 6. The van der Waals surface area contributed by atoms with E-state index in [1.54, 1.807) is 0 Å². The summed E-state index contributed by atoms with van der Waals surface area (Å²) in [5, 5.41) is 8.48. The minimum Gasteiger partial charge on any atom is -0.396 e. The first-order chi connectivity index (χ1) is 6.89. The maximum absolute atomic E-state index is 8.48. The SMILES string of the molecule is CC(C)(CN)CCO.CC(C)CCCN. The predicted octanol–water partition coefficient (Wildman–Crippen LogP) is 1.73. The van der Waals surface area contributed by atoms with Gasteiger partial charge < -0.3 is 16.6 Å². The molecule has 0 spiro atoms. The zero-order valence-corrected chi connectivity index (χ0v) is 10.9. The van der Waals surface area contributed by atoms with E-state index < -0.39 is 0 Å². The van der Waals surface area contributed by atoms with Gasteiger partial charge in [0.1, 0.15) is 0 Å². The fraction of sp³-hybridized carbons (Fsp3) is 1.00. The van der Waals surface area contributed by atoms with Gasteiger partial charge in [0.2, 0.25) is 0 Å². The largest absolute Gasteiger partial charge is 0.396 e. The first-order valence-corrected chi connectivity index (χ1v) is 5.90. The fourth-order valence-corrected chi connectivity index (χ4v) is 0.931. The number of aliphatic hydroxyl groups excluding tert-OH is 1. The lowest BCUT2D eigenvalue weighted by Crippen LogP contribution is -2.24. The van der Waals surface area contributed by atoms with Crippen molar-refractivity contribution >= 4 is 0 Å². The van der Waals surface area contributed by atoms with Crippen molar-refractivity contribution in [3.8, 4) is 0 Å². The molecule has 0 aromatic carbocycles. The van der Waals surface area contributed by atoms with Crippen molar-refractivity contribution < 1.29 is 5.11 Å². The molecule has 0 rings (SSSR count). The molecule has 0 saturated carbocycles. The molecule has 0 aliphatic heterocycles. The third-order valence-corrected chi connectivity index (χ3v) is 2.33. The van der Waals surface area contributed by atoms with E-state index in [1.807, 2.05) is 13.8 Å². The van der Waals surface area contributed by atoms with Crippen LogP contribution < -0.4 is 11.5 Å². The third kappa shape index (κ3) is 16.5. The maximum atomic E-state index is 8.48. The maximum Gasteiger partial charge on any atom is 0.0436 e. The fourth-order valence-electron chi connectivity index (χ4n) is 0.931. The van der Waals surface area contributed by atoms with E-state index in [0.717, 1.165) is 18.9 Å². The Balaban J connectivity index is 0. The molecule has 0 aliphatic rings. The smallest absolute Gasteiger partial charge is 0.0436 e. The van der Waals surface area contributed by atoms with Crippen LogP contribution in [0.4, 0.5) is 0 Å². The molecule has 0 saturated heterocycles. The van der Waals surface area contributed by atoms with Gasteiger partial charge in [-0.2, -0.15) is 0 Å². The summed E-state index contributed by atoms with van der Waals surface area (Å²) in [6, 6.07) is 0. The summed E-state index contributed by atoms with van der Waals surface area (Å²) in [7, 11) is 0. The standard InChI is InChI=1S/C6H15NO.C6H15N/c1-6(2,5-7)3-4-8;1-6(2)4-3-5-7/h8H,3-5,7H2,1-2H3;6H,3-5,7H2,1-2H3. The average molecular weight is 218 g/mol. The second-order valence-corrected chi connectivity index (χ2v) is 5.17. The molecule has 0 unspecified atom stereocenters. The van der Waals surface area contributed by atoms with Gasteiger partial charge in [0.05, 0.1) is 0 Å². The summed E-state index contributed by atoms with van der Waals surface area (Å²) in [5.41, 5.74) is 10.8. The van der Waals surface area contributed by atoms with Gasteiger partial charge in [0.15, 0.2) is 0 Å². The van der Waals surface area contributed by atoms with E-state index in [1.165, 1.54) is 12.8 Å². The summed E-state index contributed by atoms with van der Waals surface area (Å²) >= 11 is 0. The Morgan fingerprint density at radius 3 is 1.87 bits per heavy atom. The van der Waals surface area contributed by atoms with Crippen molar-refractivity contribution in [3.63, 3.8) is 0 Å². The van der Waals surface area contributed by atoms with E-state index in [4.69, 9.17) is 16.6 Å². The average Bonchev–Trinajstić information content (AvgIpc) is 2.16. The lowest BCUT2D eigenvalue weighted by atomic mass is 9.90. The topological polar surface area (TPSA) is 72.3 Å². The molecule has 0 radical (unpaired) electrons. The van der Waals surface area contributed by atoms with Crippen LogP contribution in [0.15, 0.2) is 0 Å². The van der Waals surface area contributed by atoms with Gasteiger partial charge in [-0.1, -0.05) is 27.7 Å². The van der Waals surface area contributed by atoms with Crippen LogP contribution in [0.25, 0.3) is 0 Å². The van der Waals surface area contributed by atoms with Crippen molar-refractivity contribution in [2.75, 3.05) is 19.7 Å². The summed E-state index contributed by atoms with van der Waals surface area (Å²) in [6.45, 7) is 10.3. The van der Waals surface area contributed by atoms with Crippen molar-refractivity contribution in [2.24, 2.45) is 22.8 Å². The molecular weight excluding hydrogens is 188 g/mol. The highest BCUT2D eigenvalue weighted by Gasteiger charge is 2.13. The second kappa shape index (κ2) is 10.4. The Morgan fingerprint density at radius 2 is 1.73 bits per heavy atom. The number of aliphatic hydroxyl groups is 1. The van der Waals surface area contributed by atoms with Gasteiger partial charge in [-0.05, 0) is 43.7 Å². The van der Waals surface area contributed by atoms with Gasteiger partial charge in [-0.3, -0.25) is 0 Å². The quantitative estimate of drug-likeness (QED) is 0.636. The van der Waals surface area contributed by atoms with E-state index in [2.05, 4.69) is 13.8 Å². The molecule has 0 atom stereocenters. The predicted molar refractivity (Wildman–Crippen MR) is 67.7 cm³/mol. The molecular formula is C12H30N2O. The van der Waals surface area contributed by atoms with Crippen molar-refractivity contribution in [3.05, 3.63) is 0 Å². The molecule has 0 aromatic heterocycles. The highest BCUT2D eigenvalue weighted by atomic mass is 16.3.